The number of nitrogens with two attached hydrogens (primary N) is 1. The van der Waals surface area contributed by atoms with Crippen LogP contribution in [0.25, 0.3) is 0 Å². The van der Waals surface area contributed by atoms with Gasteiger partial charge in [0, 0.05) is 13.1 Å². The number of hydrogen-bond acceptors (Lipinski definition) is 4. The van der Waals surface area contributed by atoms with Crippen molar-refractivity contribution in [1.82, 2.24) is 5.06 Å². The van der Waals surface area contributed by atoms with Gasteiger partial charge in [-0.15, -0.1) is 17.5 Å². The van der Waals surface area contributed by atoms with Gasteiger partial charge in [-0.3, -0.25) is 0 Å². The maximum Gasteiger partial charge on any atom is 0.330 e. The molecule has 5 heteroatoms. The van der Waals surface area contributed by atoms with Crippen molar-refractivity contribution in [1.29, 1.82) is 0 Å². The highest BCUT2D eigenvalue weighted by atomic mass is 35.5. The van der Waals surface area contributed by atoms with Gasteiger partial charge in [0.05, 0.1) is 5.41 Å². The van der Waals surface area contributed by atoms with Crippen LogP contribution in [-0.4, -0.2) is 30.7 Å². The van der Waals surface area contributed by atoms with Gasteiger partial charge in [-0.1, -0.05) is 0 Å². The molecule has 1 rings (SSSR count). The Morgan fingerprint density at radius 3 is 2.25 bits per heavy atom. The van der Waals surface area contributed by atoms with Gasteiger partial charge < -0.3 is 10.6 Å². The van der Waals surface area contributed by atoms with Crippen molar-refractivity contribution in [3.8, 4) is 0 Å². The fourth-order valence-electron chi connectivity index (χ4n) is 1.49. The van der Waals surface area contributed by atoms with Crippen LogP contribution >= 0.6 is 12.4 Å². The Kier molecular flexibility index (Phi) is 6.30. The molecule has 4 nitrogen and oxygen atoms in total. The summed E-state index contributed by atoms with van der Waals surface area (Å²) in [6.07, 6.45) is 2.04. The molecule has 0 aromatic rings. The van der Waals surface area contributed by atoms with Crippen LogP contribution in [0.15, 0.2) is 0 Å². The Balaban J connectivity index is 0.00000225. The average Bonchev–Trinajstić information content (AvgIpc) is 2.17. The number of rotatable bonds is 2. The van der Waals surface area contributed by atoms with E-state index < -0.39 is 5.41 Å². The fourth-order valence-corrected chi connectivity index (χ4v) is 1.49. The third-order valence-corrected chi connectivity index (χ3v) is 2.73. The molecule has 1 saturated heterocycles. The van der Waals surface area contributed by atoms with Crippen molar-refractivity contribution < 1.29 is 9.63 Å². The van der Waals surface area contributed by atoms with E-state index in [0.29, 0.717) is 5.92 Å². The molecule has 0 bridgehead atoms. The van der Waals surface area contributed by atoms with Crippen molar-refractivity contribution >= 4 is 18.4 Å². The van der Waals surface area contributed by atoms with Gasteiger partial charge in [-0.2, -0.15) is 0 Å². The summed E-state index contributed by atoms with van der Waals surface area (Å²) in [7, 11) is 0. The molecule has 0 radical (unpaired) electrons. The van der Waals surface area contributed by atoms with Gasteiger partial charge in [0.2, 0.25) is 0 Å². The summed E-state index contributed by atoms with van der Waals surface area (Å²) in [4.78, 5) is 16.9. The van der Waals surface area contributed by atoms with Crippen molar-refractivity contribution in [3.63, 3.8) is 0 Å². The molecule has 0 saturated carbocycles. The molecule has 0 aromatic carbocycles. The summed E-state index contributed by atoms with van der Waals surface area (Å²) in [5.74, 6) is 0.434. The highest BCUT2D eigenvalue weighted by Gasteiger charge is 2.27. The summed E-state index contributed by atoms with van der Waals surface area (Å²) in [6, 6.07) is 0. The molecule has 0 unspecified atom stereocenters. The minimum Gasteiger partial charge on any atom is -0.367 e. The third kappa shape index (κ3) is 4.68. The Morgan fingerprint density at radius 2 is 1.88 bits per heavy atom. The van der Waals surface area contributed by atoms with E-state index in [0.717, 1.165) is 32.5 Å². The molecule has 0 spiro atoms. The Bertz CT molecular complexity index is 221. The van der Waals surface area contributed by atoms with Crippen LogP contribution in [-0.2, 0) is 9.63 Å². The van der Waals surface area contributed by atoms with Crippen LogP contribution < -0.4 is 5.73 Å². The van der Waals surface area contributed by atoms with E-state index in [1.54, 1.807) is 5.06 Å². The van der Waals surface area contributed by atoms with Crippen LogP contribution in [0.3, 0.4) is 0 Å². The molecular formula is C11H23ClN2O2. The van der Waals surface area contributed by atoms with E-state index in [1.807, 2.05) is 20.8 Å². The average molecular weight is 251 g/mol. The van der Waals surface area contributed by atoms with Crippen LogP contribution in [0, 0.1) is 11.3 Å². The van der Waals surface area contributed by atoms with Crippen molar-refractivity contribution in [3.05, 3.63) is 0 Å². The second-order valence-corrected chi connectivity index (χ2v) is 5.24. The molecule has 1 aliphatic heterocycles. The fraction of sp³-hybridized carbons (Fsp3) is 0.909. The van der Waals surface area contributed by atoms with Crippen LogP contribution in [0.1, 0.15) is 33.6 Å². The quantitative estimate of drug-likeness (QED) is 0.809. The molecule has 2 N–H and O–H groups in total. The van der Waals surface area contributed by atoms with E-state index in [4.69, 9.17) is 10.6 Å². The maximum atomic E-state index is 11.6. The Labute approximate surface area is 104 Å². The molecule has 1 aliphatic rings. The molecule has 0 amide bonds. The predicted molar refractivity (Wildman–Crippen MR) is 66.1 cm³/mol. The normalized spacial score (nSPS) is 19.0. The van der Waals surface area contributed by atoms with Gasteiger partial charge in [-0.25, -0.2) is 4.79 Å². The standard InChI is InChI=1S/C11H22N2O2.ClH/c1-11(2,3)10(14)15-13-6-4-9(8-12)5-7-13;/h9H,4-8,12H2,1-3H3;1H. The molecule has 96 valence electrons. The van der Waals surface area contributed by atoms with Crippen LogP contribution in [0.5, 0.6) is 0 Å². The first-order valence-electron chi connectivity index (χ1n) is 5.61. The smallest absolute Gasteiger partial charge is 0.330 e. The maximum absolute atomic E-state index is 11.6. The lowest BCUT2D eigenvalue weighted by molar-refractivity contribution is -0.205. The molecule has 1 fully saturated rings. The zero-order valence-electron chi connectivity index (χ0n) is 10.4. The monoisotopic (exact) mass is 250 g/mol. The highest BCUT2D eigenvalue weighted by Crippen LogP contribution is 2.20. The van der Waals surface area contributed by atoms with Gasteiger partial charge in [0.25, 0.3) is 0 Å². The third-order valence-electron chi connectivity index (χ3n) is 2.73. The number of nitrogens with zero attached hydrogens (tertiary/aromatic N) is 1. The number of carbonyl (C=O) groups is 1. The van der Waals surface area contributed by atoms with E-state index in [1.165, 1.54) is 0 Å². The zero-order chi connectivity index (χ0) is 11.5. The van der Waals surface area contributed by atoms with Gasteiger partial charge in [0.1, 0.15) is 0 Å². The largest absolute Gasteiger partial charge is 0.367 e. The lowest BCUT2D eigenvalue weighted by Gasteiger charge is -2.31. The number of hydrogen-bond donors (Lipinski definition) is 1. The SMILES string of the molecule is CC(C)(C)C(=O)ON1CCC(CN)CC1.Cl. The Hall–Kier alpha value is -0.320. The molecular weight excluding hydrogens is 228 g/mol. The Morgan fingerprint density at radius 1 is 1.38 bits per heavy atom. The van der Waals surface area contributed by atoms with E-state index >= 15 is 0 Å². The summed E-state index contributed by atoms with van der Waals surface area (Å²) in [5.41, 5.74) is 5.17. The topological polar surface area (TPSA) is 55.6 Å². The first kappa shape index (κ1) is 15.7. The summed E-state index contributed by atoms with van der Waals surface area (Å²) in [5, 5.41) is 1.76. The lowest BCUT2D eigenvalue weighted by atomic mass is 9.97. The summed E-state index contributed by atoms with van der Waals surface area (Å²) < 4.78 is 0. The minimum atomic E-state index is -0.426. The zero-order valence-corrected chi connectivity index (χ0v) is 11.2. The predicted octanol–water partition coefficient (Wildman–Crippen LogP) is 1.58. The number of hydroxylamine groups is 2. The molecule has 1 heterocycles. The summed E-state index contributed by atoms with van der Waals surface area (Å²) >= 11 is 0. The van der Waals surface area contributed by atoms with Crippen molar-refractivity contribution in [2.75, 3.05) is 19.6 Å². The van der Waals surface area contributed by atoms with Gasteiger partial charge in [-0.05, 0) is 46.1 Å². The molecule has 16 heavy (non-hydrogen) atoms. The van der Waals surface area contributed by atoms with E-state index in [9.17, 15) is 4.79 Å². The van der Waals surface area contributed by atoms with E-state index in [-0.39, 0.29) is 18.4 Å². The van der Waals surface area contributed by atoms with E-state index in [2.05, 4.69) is 0 Å². The van der Waals surface area contributed by atoms with Crippen LogP contribution in [0.2, 0.25) is 0 Å². The second-order valence-electron chi connectivity index (χ2n) is 5.24. The number of halogens is 1. The first-order valence-corrected chi connectivity index (χ1v) is 5.61. The first-order chi connectivity index (χ1) is 6.93. The van der Waals surface area contributed by atoms with Gasteiger partial charge in [0.15, 0.2) is 0 Å². The van der Waals surface area contributed by atoms with Gasteiger partial charge >= 0.3 is 5.97 Å². The summed E-state index contributed by atoms with van der Waals surface area (Å²) in [6.45, 7) is 7.94. The number of piperidine rings is 1. The molecule has 0 atom stereocenters. The van der Waals surface area contributed by atoms with Crippen molar-refractivity contribution in [2.24, 2.45) is 17.1 Å². The molecule has 0 aliphatic carbocycles. The lowest BCUT2D eigenvalue weighted by Crippen LogP contribution is -2.40. The molecule has 0 aromatic heterocycles. The van der Waals surface area contributed by atoms with Crippen molar-refractivity contribution in [2.45, 2.75) is 33.6 Å². The highest BCUT2D eigenvalue weighted by molar-refractivity contribution is 5.85. The van der Waals surface area contributed by atoms with Crippen LogP contribution in [0.4, 0.5) is 0 Å². The number of carbonyl (C=O) groups excluding carboxylic acids is 1. The second kappa shape index (κ2) is 6.42. The minimum absolute atomic E-state index is 0.